The molecule has 10 aliphatic rings. The number of fused-ring (bicyclic) bond motifs is 4. The van der Waals surface area contributed by atoms with Crippen LogP contribution in [0.3, 0.4) is 0 Å². The normalized spacial score (nSPS) is 53.6. The number of hydrogen-bond acceptors (Lipinski definition) is 26. The van der Waals surface area contributed by atoms with Crippen molar-refractivity contribution in [2.75, 3.05) is 26.9 Å². The number of carbonyl (C=O) groups is 1. The van der Waals surface area contributed by atoms with E-state index in [-0.39, 0.29) is 18.3 Å². The van der Waals surface area contributed by atoms with Crippen LogP contribution in [0, 0.1) is 33.5 Å². The summed E-state index contributed by atoms with van der Waals surface area (Å²) in [6.07, 6.45) is -29.1. The van der Waals surface area contributed by atoms with E-state index in [1.807, 2.05) is 34.6 Å². The molecule has 3 unspecified atom stereocenters. The number of hydrogen-bond donors (Lipinski definition) is 12. The molecule has 6 saturated heterocycles. The van der Waals surface area contributed by atoms with Crippen molar-refractivity contribution < 1.29 is 130 Å². The lowest BCUT2D eigenvalue weighted by Crippen LogP contribution is -2.69. The zero-order chi connectivity index (χ0) is 60.0. The monoisotopic (exact) mass is 1200 g/mol. The number of esters is 1. The number of aliphatic hydroxyl groups excluding tert-OH is 10. The average molecular weight is 1200 g/mol. The maximum atomic E-state index is 14.7. The molecule has 1 spiro atoms. The van der Waals surface area contributed by atoms with Gasteiger partial charge in [0.1, 0.15) is 103 Å². The first-order valence-electron chi connectivity index (χ1n) is 28.6. The molecule has 28 heteroatoms. The van der Waals surface area contributed by atoms with Crippen LogP contribution >= 0.6 is 0 Å². The first-order valence-corrected chi connectivity index (χ1v) is 30.0. The summed E-state index contributed by atoms with van der Waals surface area (Å²) in [5, 5.41) is 125. The lowest BCUT2D eigenvalue weighted by Gasteiger charge is -2.64. The summed E-state index contributed by atoms with van der Waals surface area (Å²) < 4.78 is 104. The van der Waals surface area contributed by atoms with Gasteiger partial charge in [-0.2, -0.15) is 8.42 Å². The minimum atomic E-state index is -5.19. The van der Waals surface area contributed by atoms with Gasteiger partial charge in [-0.05, 0) is 107 Å². The Morgan fingerprint density at radius 3 is 1.85 bits per heavy atom. The van der Waals surface area contributed by atoms with Crippen LogP contribution in [0.4, 0.5) is 0 Å². The van der Waals surface area contributed by atoms with Gasteiger partial charge in [0.25, 0.3) is 0 Å². The fourth-order valence-electron chi connectivity index (χ4n) is 17.0. The minimum Gasteiger partial charge on any atom is -0.453 e. The first-order chi connectivity index (χ1) is 38.2. The van der Waals surface area contributed by atoms with E-state index in [9.17, 15) is 73.9 Å². The van der Waals surface area contributed by atoms with Gasteiger partial charge in [-0.15, -0.1) is 0 Å². The zero-order valence-electron chi connectivity index (χ0n) is 47.6. The molecule has 3 saturated carbocycles. The highest BCUT2D eigenvalue weighted by Gasteiger charge is 2.87. The number of rotatable bonds is 14. The topological polar surface area (TPSA) is 405 Å². The SMILES string of the molecule is CO[C@@H]1[C@@H](O)[C@H](O[C@@H]2[C@@H](O)[C@H](O[C@H]3[C@H](O)[C@@H](O)[C@H](O[C@H]4[C@H](O[C@H]5CC[C@]6(C)C7=C[C@H](O)C89C(=O)OC(C)(C%10CCC(C)(C)O%10)[C@@]8(O)CC[C@@]9(C)[C@@H]7CC[C@H]6C5(C)C)OC[C@@H](OS(=O)(=O)O)[C@@H]4O)O[C@@H]3C)O[C@H](CO)[C@H]2O)O[C@H](CO)[C@H]1O. The number of carbonyl (C=O) groups excluding carboxylic acids is 1. The van der Waals surface area contributed by atoms with Gasteiger partial charge >= 0.3 is 16.4 Å². The van der Waals surface area contributed by atoms with Gasteiger partial charge in [-0.25, -0.2) is 4.18 Å². The molecule has 27 nitrogen and oxygen atoms in total. The lowest BCUT2D eigenvalue weighted by molar-refractivity contribution is -0.389. The van der Waals surface area contributed by atoms with Crippen molar-refractivity contribution in [1.82, 2.24) is 0 Å². The number of methoxy groups -OCH3 is 1. The summed E-state index contributed by atoms with van der Waals surface area (Å²) in [4.78, 5) is 14.7. The third kappa shape index (κ3) is 9.71. The number of cyclic esters (lactones) is 1. The maximum absolute atomic E-state index is 14.7. The Kier molecular flexibility index (Phi) is 17.0. The van der Waals surface area contributed by atoms with Crippen LogP contribution in [0.15, 0.2) is 11.6 Å². The van der Waals surface area contributed by atoms with E-state index in [1.165, 1.54) is 14.0 Å². The van der Waals surface area contributed by atoms with Crippen molar-refractivity contribution >= 4 is 16.4 Å². The molecule has 6 aliphatic heterocycles. The third-order valence-corrected chi connectivity index (χ3v) is 21.9. The van der Waals surface area contributed by atoms with E-state index < -0.39 is 210 Å². The van der Waals surface area contributed by atoms with E-state index in [1.54, 1.807) is 13.0 Å². The summed E-state index contributed by atoms with van der Waals surface area (Å²) >= 11 is 0. The zero-order valence-corrected chi connectivity index (χ0v) is 48.4. The van der Waals surface area contributed by atoms with E-state index in [4.69, 9.17) is 56.3 Å². The second-order valence-corrected chi connectivity index (χ2v) is 27.5. The molecule has 12 N–H and O–H groups in total. The van der Waals surface area contributed by atoms with Crippen LogP contribution in [0.5, 0.6) is 0 Å². The van der Waals surface area contributed by atoms with E-state index in [0.717, 1.165) is 5.57 Å². The van der Waals surface area contributed by atoms with Crippen LogP contribution in [0.1, 0.15) is 107 Å². The van der Waals surface area contributed by atoms with Gasteiger partial charge in [-0.3, -0.25) is 9.35 Å². The molecule has 470 valence electrons. The molecule has 9 fully saturated rings. The molecule has 29 atom stereocenters. The summed E-state index contributed by atoms with van der Waals surface area (Å²) in [5.41, 5.74) is -6.49. The standard InChI is InChI=1S/C54H86O27S/c1-22-39(76-45-38(64)41(33(59)26(20-56)74-45)77-44-37(63)40(70-9)32(58)25(19-55)73-44)35(61)36(62)43(72-22)78-42-34(60)27(81-82(67,68)69)21-71-46(42)75-30-13-15-50(6)24-18-29(57)54-47(65)80-52(8,31-12-14-48(2,3)79-31)53(54,66)17-16-51(54,7)23(24)10-11-28(50)49(30,4)5/h18,22-23,25-46,55-64,66H,10-17,19-21H2,1-9H3,(H,67,68,69)/t22-,23-,25-,26-,27-,28+,29+,30+,31?,32-,33-,34+,35-,36-,37-,38-,39-,40+,41+,42-,43+,44+,45+,46+,50-,51+,52?,53+,54?/m1/s1. The fraction of sp³-hybridized carbons (Fsp3) is 0.944. The quantitative estimate of drug-likeness (QED) is 0.0378. The molecule has 6 heterocycles. The van der Waals surface area contributed by atoms with Gasteiger partial charge in [-0.1, -0.05) is 39.3 Å². The molecule has 0 bridgehead atoms. The van der Waals surface area contributed by atoms with E-state index >= 15 is 0 Å². The van der Waals surface area contributed by atoms with Gasteiger partial charge in [0, 0.05) is 7.11 Å². The van der Waals surface area contributed by atoms with Crippen LogP contribution in [0.2, 0.25) is 0 Å². The van der Waals surface area contributed by atoms with Crippen LogP contribution in [-0.2, 0) is 71.5 Å². The molecule has 0 aromatic heterocycles. The molecular weight excluding hydrogens is 1110 g/mol. The highest BCUT2D eigenvalue weighted by molar-refractivity contribution is 7.80. The Morgan fingerprint density at radius 1 is 0.659 bits per heavy atom. The molecule has 0 aromatic rings. The molecule has 0 radical (unpaired) electrons. The lowest BCUT2D eigenvalue weighted by atomic mass is 9.40. The second-order valence-electron chi connectivity index (χ2n) is 26.5. The summed E-state index contributed by atoms with van der Waals surface area (Å²) in [7, 11) is -4.02. The molecular formula is C54H86O27S. The number of aliphatic hydroxyl groups is 11. The highest BCUT2D eigenvalue weighted by atomic mass is 32.3. The van der Waals surface area contributed by atoms with Crippen molar-refractivity contribution in [3.8, 4) is 0 Å². The van der Waals surface area contributed by atoms with E-state index in [2.05, 4.69) is 6.92 Å². The second kappa shape index (κ2) is 22.1. The largest absolute Gasteiger partial charge is 0.453 e. The fourth-order valence-corrected chi connectivity index (χ4v) is 17.5. The summed E-state index contributed by atoms with van der Waals surface area (Å²) in [5.74, 6) is -0.972. The van der Waals surface area contributed by atoms with Gasteiger partial charge in [0.05, 0.1) is 43.7 Å². The van der Waals surface area contributed by atoms with Crippen molar-refractivity contribution in [3.05, 3.63) is 11.6 Å². The van der Waals surface area contributed by atoms with Crippen LogP contribution < -0.4 is 0 Å². The Bertz CT molecular complexity index is 2490. The summed E-state index contributed by atoms with van der Waals surface area (Å²) in [6.45, 7) is 13.1. The number of allylic oxidation sites excluding steroid dienone is 1. The Hall–Kier alpha value is -1.76. The Labute approximate surface area is 475 Å². The Morgan fingerprint density at radius 2 is 1.26 bits per heavy atom. The van der Waals surface area contributed by atoms with E-state index in [0.29, 0.717) is 44.9 Å². The Balaban J connectivity index is 0.852. The van der Waals surface area contributed by atoms with Crippen LogP contribution in [-0.4, -0.2) is 254 Å². The molecule has 10 rings (SSSR count). The molecule has 0 aromatic carbocycles. The van der Waals surface area contributed by atoms with Gasteiger partial charge in [0.2, 0.25) is 0 Å². The van der Waals surface area contributed by atoms with Gasteiger partial charge < -0.3 is 108 Å². The minimum absolute atomic E-state index is 0.131. The predicted molar refractivity (Wildman–Crippen MR) is 273 cm³/mol. The van der Waals surface area contributed by atoms with Crippen molar-refractivity contribution in [2.45, 2.75) is 259 Å². The molecule has 82 heavy (non-hydrogen) atoms. The molecule has 0 amide bonds. The van der Waals surface area contributed by atoms with Crippen molar-refractivity contribution in [2.24, 2.45) is 33.5 Å². The third-order valence-electron chi connectivity index (χ3n) is 21.4. The average Bonchev–Trinajstić information content (AvgIpc) is 1.46. The predicted octanol–water partition coefficient (Wildman–Crippen LogP) is -2.26. The summed E-state index contributed by atoms with van der Waals surface area (Å²) in [6, 6.07) is 0. The van der Waals surface area contributed by atoms with Crippen molar-refractivity contribution in [3.63, 3.8) is 0 Å². The number of ether oxygens (including phenoxy) is 11. The first kappa shape index (κ1) is 63.3. The van der Waals surface area contributed by atoms with Crippen LogP contribution in [0.25, 0.3) is 0 Å². The molecule has 4 aliphatic carbocycles. The van der Waals surface area contributed by atoms with Crippen molar-refractivity contribution in [1.29, 1.82) is 0 Å². The maximum Gasteiger partial charge on any atom is 0.397 e. The highest BCUT2D eigenvalue weighted by Crippen LogP contribution is 2.77. The smallest absolute Gasteiger partial charge is 0.397 e. The van der Waals surface area contributed by atoms with Gasteiger partial charge in [0.15, 0.2) is 30.8 Å².